The third kappa shape index (κ3) is 3.94. The minimum Gasteiger partial charge on any atom is -0.309 e. The quantitative estimate of drug-likeness (QED) is 0.190. The van der Waals surface area contributed by atoms with E-state index in [0.29, 0.717) is 11.5 Å². The fraction of sp³-hybridized carbons (Fsp3) is 0.0465. The molecule has 0 saturated heterocycles. The molecule has 3 aromatic heterocycles. The largest absolute Gasteiger partial charge is 0.309 e. The summed E-state index contributed by atoms with van der Waals surface area (Å²) in [5.41, 5.74) is 8.84. The number of benzene rings is 6. The molecule has 1 aliphatic carbocycles. The van der Waals surface area contributed by atoms with E-state index in [0.717, 1.165) is 34.3 Å². The maximum atomic E-state index is 10.4. The second-order valence-corrected chi connectivity index (χ2v) is 14.5. The molecule has 47 heavy (non-hydrogen) atoms. The van der Waals surface area contributed by atoms with Gasteiger partial charge in [-0.3, -0.25) is 0 Å². The Labute approximate surface area is 279 Å². The van der Waals surface area contributed by atoms with E-state index in [1.165, 1.54) is 57.0 Å². The van der Waals surface area contributed by atoms with Gasteiger partial charge in [0.25, 0.3) is 0 Å². The number of allylic oxidation sites excluding steroid dienone is 1. The lowest BCUT2D eigenvalue weighted by atomic mass is 9.87. The second kappa shape index (κ2) is 10.3. The second-order valence-electron chi connectivity index (χ2n) is 12.3. The lowest BCUT2D eigenvalue weighted by Gasteiger charge is -2.17. The lowest BCUT2D eigenvalue weighted by molar-refractivity contribution is 0.837. The molecular formula is C43H26N2S2. The maximum Gasteiger partial charge on any atom is 0.0998 e. The monoisotopic (exact) mass is 634 g/mol. The summed E-state index contributed by atoms with van der Waals surface area (Å²) in [5, 5.41) is 16.8. The Bertz CT molecular complexity index is 2730. The van der Waals surface area contributed by atoms with Crippen LogP contribution in [-0.4, -0.2) is 4.57 Å². The van der Waals surface area contributed by atoms with Gasteiger partial charge in [-0.15, -0.1) is 22.7 Å². The highest BCUT2D eigenvalue weighted by atomic mass is 32.1. The zero-order valence-electron chi connectivity index (χ0n) is 25.3. The Balaban J connectivity index is 1.20. The Kier molecular flexibility index (Phi) is 5.84. The molecule has 1 aliphatic rings. The minimum absolute atomic E-state index is 0.393. The Morgan fingerprint density at radius 3 is 2.19 bits per heavy atom. The van der Waals surface area contributed by atoms with Gasteiger partial charge in [0.2, 0.25) is 0 Å². The summed E-state index contributed by atoms with van der Waals surface area (Å²) in [7, 11) is 0. The van der Waals surface area contributed by atoms with Crippen LogP contribution in [0.3, 0.4) is 0 Å². The molecular weight excluding hydrogens is 609 g/mol. The molecule has 10 rings (SSSR count). The molecule has 4 heteroatoms. The molecule has 0 fully saturated rings. The molecule has 1 unspecified atom stereocenters. The van der Waals surface area contributed by atoms with Gasteiger partial charge in [-0.25, -0.2) is 0 Å². The van der Waals surface area contributed by atoms with Gasteiger partial charge < -0.3 is 4.57 Å². The van der Waals surface area contributed by atoms with Crippen molar-refractivity contribution in [2.24, 2.45) is 0 Å². The summed E-state index contributed by atoms with van der Waals surface area (Å²) in [6, 6.07) is 48.1. The van der Waals surface area contributed by atoms with Crippen LogP contribution in [0.5, 0.6) is 0 Å². The highest BCUT2D eigenvalue weighted by Crippen LogP contribution is 2.48. The summed E-state index contributed by atoms with van der Waals surface area (Å²) in [5.74, 6) is 0.393. The summed E-state index contributed by atoms with van der Waals surface area (Å²) >= 11 is 3.78. The number of para-hydroxylation sites is 2. The Morgan fingerprint density at radius 1 is 0.660 bits per heavy atom. The van der Waals surface area contributed by atoms with Crippen molar-refractivity contribution in [2.45, 2.75) is 12.3 Å². The van der Waals surface area contributed by atoms with Crippen LogP contribution in [0.15, 0.2) is 133 Å². The van der Waals surface area contributed by atoms with Gasteiger partial charge in [-0.05, 0) is 77.0 Å². The number of nitrogens with zero attached hydrogens (tertiary/aromatic N) is 2. The zero-order chi connectivity index (χ0) is 31.1. The number of nitriles is 1. The maximum absolute atomic E-state index is 10.4. The normalized spacial score (nSPS) is 14.4. The van der Waals surface area contributed by atoms with Gasteiger partial charge in [0.15, 0.2) is 0 Å². The predicted octanol–water partition coefficient (Wildman–Crippen LogP) is 12.3. The Hall–Kier alpha value is -5.47. The van der Waals surface area contributed by atoms with Crippen molar-refractivity contribution in [3.63, 3.8) is 0 Å². The van der Waals surface area contributed by atoms with Gasteiger partial charge in [0.1, 0.15) is 0 Å². The molecule has 9 aromatic rings. The van der Waals surface area contributed by atoms with E-state index in [4.69, 9.17) is 0 Å². The highest BCUT2D eigenvalue weighted by molar-refractivity contribution is 7.27. The standard InChI is InChI=1S/C43H26N2S2/c44-25-29-11-8-16-37(45-35-14-6-4-12-30(35)31-13-5-7-15-36(31)45)41(29)28-18-21-39-34(24-28)42-40(46-39)22-19-32-33-23-27(26-9-2-1-3-10-26)17-20-38(33)47-43(32)42/h1-22,24,27H,23H2. The number of hydrogen-bond acceptors (Lipinski definition) is 3. The van der Waals surface area contributed by atoms with Gasteiger partial charge in [0, 0.05) is 52.0 Å². The SMILES string of the molecule is N#Cc1cccc(-n2c3ccccc3c3ccccc32)c1-c1ccc2sc3ccc4c5c(sc4c3c2c1)C=CC(c1ccccc1)C5. The van der Waals surface area contributed by atoms with Crippen LogP contribution in [0.1, 0.15) is 27.5 Å². The molecule has 220 valence electrons. The van der Waals surface area contributed by atoms with Crippen LogP contribution in [0.2, 0.25) is 0 Å². The van der Waals surface area contributed by atoms with Crippen molar-refractivity contribution in [2.75, 3.05) is 0 Å². The van der Waals surface area contributed by atoms with Gasteiger partial charge in [-0.2, -0.15) is 5.26 Å². The van der Waals surface area contributed by atoms with Crippen molar-refractivity contribution in [3.8, 4) is 22.9 Å². The third-order valence-electron chi connectivity index (χ3n) is 9.83. The first-order valence-electron chi connectivity index (χ1n) is 15.9. The molecule has 6 aromatic carbocycles. The predicted molar refractivity (Wildman–Crippen MR) is 201 cm³/mol. The molecule has 0 N–H and O–H groups in total. The minimum atomic E-state index is 0.393. The van der Waals surface area contributed by atoms with E-state index in [1.807, 2.05) is 34.8 Å². The topological polar surface area (TPSA) is 28.7 Å². The fourth-order valence-electron chi connectivity index (χ4n) is 7.71. The summed E-state index contributed by atoms with van der Waals surface area (Å²) in [6.45, 7) is 0. The first-order valence-corrected chi connectivity index (χ1v) is 17.6. The molecule has 2 nitrogen and oxygen atoms in total. The first-order chi connectivity index (χ1) is 23.3. The van der Waals surface area contributed by atoms with Gasteiger partial charge in [-0.1, -0.05) is 91.0 Å². The zero-order valence-corrected chi connectivity index (χ0v) is 26.9. The van der Waals surface area contributed by atoms with E-state index in [2.05, 4.69) is 138 Å². The van der Waals surface area contributed by atoms with Crippen molar-refractivity contribution in [1.82, 2.24) is 4.57 Å². The summed E-state index contributed by atoms with van der Waals surface area (Å²) in [4.78, 5) is 1.37. The number of fused-ring (bicyclic) bond motifs is 10. The molecule has 0 amide bonds. The molecule has 1 atom stereocenters. The third-order valence-corrected chi connectivity index (χ3v) is 12.2. The molecule has 0 saturated carbocycles. The van der Waals surface area contributed by atoms with E-state index >= 15 is 0 Å². The van der Waals surface area contributed by atoms with Crippen molar-refractivity contribution in [1.29, 1.82) is 5.26 Å². The summed E-state index contributed by atoms with van der Waals surface area (Å²) in [6.07, 6.45) is 5.74. The van der Waals surface area contributed by atoms with Crippen LogP contribution in [0, 0.1) is 11.3 Å². The summed E-state index contributed by atoms with van der Waals surface area (Å²) < 4.78 is 6.28. The van der Waals surface area contributed by atoms with Crippen molar-refractivity contribution >= 4 is 80.8 Å². The average Bonchev–Trinajstić information content (AvgIpc) is 3.80. The van der Waals surface area contributed by atoms with Crippen LogP contribution in [-0.2, 0) is 6.42 Å². The van der Waals surface area contributed by atoms with Crippen LogP contribution < -0.4 is 0 Å². The lowest BCUT2D eigenvalue weighted by Crippen LogP contribution is -2.03. The average molecular weight is 635 g/mol. The number of hydrogen-bond donors (Lipinski definition) is 0. The highest BCUT2D eigenvalue weighted by Gasteiger charge is 2.23. The first kappa shape index (κ1) is 26.7. The van der Waals surface area contributed by atoms with Crippen LogP contribution in [0.4, 0.5) is 0 Å². The molecule has 0 spiro atoms. The number of rotatable bonds is 3. The number of aromatic nitrogens is 1. The Morgan fingerprint density at radius 2 is 1.40 bits per heavy atom. The van der Waals surface area contributed by atoms with Crippen LogP contribution in [0.25, 0.3) is 75.0 Å². The van der Waals surface area contributed by atoms with Gasteiger partial charge in [0.05, 0.1) is 28.4 Å². The van der Waals surface area contributed by atoms with E-state index < -0.39 is 0 Å². The van der Waals surface area contributed by atoms with Crippen LogP contribution >= 0.6 is 22.7 Å². The fourth-order valence-corrected chi connectivity index (χ4v) is 10.2. The molecule has 0 aliphatic heterocycles. The van der Waals surface area contributed by atoms with Crippen molar-refractivity contribution < 1.29 is 0 Å². The smallest absolute Gasteiger partial charge is 0.0998 e. The van der Waals surface area contributed by atoms with E-state index in [-0.39, 0.29) is 0 Å². The molecule has 0 radical (unpaired) electrons. The molecule has 0 bridgehead atoms. The molecule has 3 heterocycles. The van der Waals surface area contributed by atoms with E-state index in [9.17, 15) is 5.26 Å². The van der Waals surface area contributed by atoms with E-state index in [1.54, 1.807) is 0 Å². The van der Waals surface area contributed by atoms with Gasteiger partial charge >= 0.3 is 0 Å². The van der Waals surface area contributed by atoms with Crippen molar-refractivity contribution in [3.05, 3.63) is 155 Å². The number of thiophene rings is 2.